The number of amides is 2. The number of hydrogen-bond acceptors (Lipinski definition) is 4. The molecule has 1 N–H and O–H groups in total. The molecule has 0 aliphatic carbocycles. The lowest BCUT2D eigenvalue weighted by atomic mass is 10.1. The molecule has 0 bridgehead atoms. The number of ether oxygens (including phenoxy) is 1. The van der Waals surface area contributed by atoms with E-state index in [-0.39, 0.29) is 18.4 Å². The van der Waals surface area contributed by atoms with Gasteiger partial charge >= 0.3 is 0 Å². The van der Waals surface area contributed by atoms with Crippen LogP contribution in [0.1, 0.15) is 21.5 Å². The molecule has 0 radical (unpaired) electrons. The number of carbonyl (C=O) groups excluding carboxylic acids is 2. The molecule has 6 nitrogen and oxygen atoms in total. The molecule has 1 saturated heterocycles. The summed E-state index contributed by atoms with van der Waals surface area (Å²) >= 11 is 0. The maximum absolute atomic E-state index is 12.5. The van der Waals surface area contributed by atoms with Crippen LogP contribution in [0.25, 0.3) is 0 Å². The highest BCUT2D eigenvalue weighted by atomic mass is 16.5. The van der Waals surface area contributed by atoms with E-state index in [4.69, 9.17) is 4.74 Å². The van der Waals surface area contributed by atoms with Gasteiger partial charge in [-0.15, -0.1) is 0 Å². The molecule has 148 valence electrons. The summed E-state index contributed by atoms with van der Waals surface area (Å²) in [5, 5.41) is 2.85. The zero-order chi connectivity index (χ0) is 20.1. The topological polar surface area (TPSA) is 61.9 Å². The van der Waals surface area contributed by atoms with E-state index in [0.29, 0.717) is 11.3 Å². The molecular formula is C22H27N3O3. The van der Waals surface area contributed by atoms with E-state index < -0.39 is 0 Å². The zero-order valence-corrected chi connectivity index (χ0v) is 16.7. The summed E-state index contributed by atoms with van der Waals surface area (Å²) in [7, 11) is 1.64. The van der Waals surface area contributed by atoms with E-state index >= 15 is 0 Å². The second-order valence-corrected chi connectivity index (χ2v) is 7.15. The smallest absolute Gasteiger partial charge is 0.254 e. The van der Waals surface area contributed by atoms with Gasteiger partial charge in [-0.1, -0.05) is 6.07 Å². The number of likely N-dealkylation sites (N-methyl/N-ethyl adjacent to an activating group) is 1. The van der Waals surface area contributed by atoms with E-state index in [2.05, 4.69) is 10.2 Å². The Hall–Kier alpha value is -2.86. The molecule has 0 aromatic heterocycles. The van der Waals surface area contributed by atoms with Crippen LogP contribution in [0.5, 0.6) is 0 Å². The fourth-order valence-electron chi connectivity index (χ4n) is 3.16. The quantitative estimate of drug-likeness (QED) is 0.865. The first kappa shape index (κ1) is 19.9. The van der Waals surface area contributed by atoms with Crippen LogP contribution in [0.4, 0.5) is 11.4 Å². The Bertz CT molecular complexity index is 843. The fourth-order valence-corrected chi connectivity index (χ4v) is 3.16. The van der Waals surface area contributed by atoms with Crippen molar-refractivity contribution in [3.8, 4) is 0 Å². The molecule has 2 aromatic carbocycles. The van der Waals surface area contributed by atoms with Crippen LogP contribution in [0, 0.1) is 13.8 Å². The summed E-state index contributed by atoms with van der Waals surface area (Å²) < 4.78 is 5.37. The predicted molar refractivity (Wildman–Crippen MR) is 111 cm³/mol. The Morgan fingerprint density at radius 1 is 1.04 bits per heavy atom. The summed E-state index contributed by atoms with van der Waals surface area (Å²) in [5.74, 6) is -0.389. The monoisotopic (exact) mass is 381 g/mol. The first-order chi connectivity index (χ1) is 13.4. The Morgan fingerprint density at radius 2 is 1.71 bits per heavy atom. The number of rotatable bonds is 5. The molecule has 0 spiro atoms. The van der Waals surface area contributed by atoms with Crippen molar-refractivity contribution in [3.63, 3.8) is 0 Å². The summed E-state index contributed by atoms with van der Waals surface area (Å²) in [5.41, 5.74) is 4.62. The second kappa shape index (κ2) is 8.89. The van der Waals surface area contributed by atoms with E-state index in [1.807, 2.05) is 50.2 Å². The summed E-state index contributed by atoms with van der Waals surface area (Å²) in [4.78, 5) is 28.6. The SMILES string of the molecule is Cc1ccc(C(=O)N(C)CC(=O)Nc2ccc(N3CCOCC3)cc2)cc1C. The minimum Gasteiger partial charge on any atom is -0.378 e. The van der Waals surface area contributed by atoms with Gasteiger partial charge in [-0.3, -0.25) is 9.59 Å². The number of anilines is 2. The lowest BCUT2D eigenvalue weighted by molar-refractivity contribution is -0.116. The van der Waals surface area contributed by atoms with Crippen molar-refractivity contribution in [2.45, 2.75) is 13.8 Å². The van der Waals surface area contributed by atoms with Gasteiger partial charge in [-0.2, -0.15) is 0 Å². The number of carbonyl (C=O) groups is 2. The van der Waals surface area contributed by atoms with Crippen LogP contribution >= 0.6 is 0 Å². The van der Waals surface area contributed by atoms with Crippen LogP contribution in [0.15, 0.2) is 42.5 Å². The first-order valence-electron chi connectivity index (χ1n) is 9.49. The highest BCUT2D eigenvalue weighted by molar-refractivity contribution is 5.99. The minimum atomic E-state index is -0.223. The third-order valence-electron chi connectivity index (χ3n) is 5.01. The van der Waals surface area contributed by atoms with Gasteiger partial charge in [-0.05, 0) is 61.4 Å². The summed E-state index contributed by atoms with van der Waals surface area (Å²) in [6.45, 7) is 7.19. The van der Waals surface area contributed by atoms with Gasteiger partial charge < -0.3 is 19.9 Å². The van der Waals surface area contributed by atoms with Crippen LogP contribution in [0.3, 0.4) is 0 Å². The van der Waals surface area contributed by atoms with Crippen molar-refractivity contribution < 1.29 is 14.3 Å². The van der Waals surface area contributed by atoms with Crippen molar-refractivity contribution in [1.29, 1.82) is 0 Å². The minimum absolute atomic E-state index is 0.00300. The van der Waals surface area contributed by atoms with Crippen LogP contribution in [-0.4, -0.2) is 56.6 Å². The van der Waals surface area contributed by atoms with Gasteiger partial charge in [0.2, 0.25) is 5.91 Å². The molecule has 28 heavy (non-hydrogen) atoms. The van der Waals surface area contributed by atoms with Gasteiger partial charge in [0, 0.05) is 37.1 Å². The maximum Gasteiger partial charge on any atom is 0.254 e. The number of benzene rings is 2. The van der Waals surface area contributed by atoms with Gasteiger partial charge in [0.25, 0.3) is 5.91 Å². The van der Waals surface area contributed by atoms with Crippen LogP contribution < -0.4 is 10.2 Å². The van der Waals surface area contributed by atoms with Crippen molar-refractivity contribution >= 4 is 23.2 Å². The number of nitrogens with one attached hydrogen (secondary N) is 1. The number of morpholine rings is 1. The van der Waals surface area contributed by atoms with Gasteiger partial charge in [0.05, 0.1) is 19.8 Å². The molecule has 1 fully saturated rings. The van der Waals surface area contributed by atoms with Crippen molar-refractivity contribution in [1.82, 2.24) is 4.90 Å². The second-order valence-electron chi connectivity index (χ2n) is 7.15. The molecule has 1 heterocycles. The van der Waals surface area contributed by atoms with Crippen molar-refractivity contribution in [2.75, 3.05) is 50.1 Å². The number of aryl methyl sites for hydroxylation is 2. The predicted octanol–water partition coefficient (Wildman–Crippen LogP) is 2.85. The average Bonchev–Trinajstić information content (AvgIpc) is 2.70. The fraction of sp³-hybridized carbons (Fsp3) is 0.364. The van der Waals surface area contributed by atoms with E-state index in [9.17, 15) is 9.59 Å². The molecule has 0 unspecified atom stereocenters. The molecule has 6 heteroatoms. The van der Waals surface area contributed by atoms with Crippen molar-refractivity contribution in [3.05, 3.63) is 59.2 Å². The normalized spacial score (nSPS) is 13.9. The lowest BCUT2D eigenvalue weighted by Gasteiger charge is -2.28. The molecular weight excluding hydrogens is 354 g/mol. The lowest BCUT2D eigenvalue weighted by Crippen LogP contribution is -2.36. The number of nitrogens with zero attached hydrogens (tertiary/aromatic N) is 2. The first-order valence-corrected chi connectivity index (χ1v) is 9.49. The average molecular weight is 381 g/mol. The maximum atomic E-state index is 12.5. The Labute approximate surface area is 166 Å². The highest BCUT2D eigenvalue weighted by Gasteiger charge is 2.16. The third kappa shape index (κ3) is 4.89. The molecule has 3 rings (SSSR count). The molecule has 2 amide bonds. The third-order valence-corrected chi connectivity index (χ3v) is 5.01. The standard InChI is InChI=1S/C22H27N3O3/c1-16-4-5-18(14-17(16)2)22(27)24(3)15-21(26)23-19-6-8-20(9-7-19)25-10-12-28-13-11-25/h4-9,14H,10-13,15H2,1-3H3,(H,23,26). The van der Waals surface area contributed by atoms with Gasteiger partial charge in [0.1, 0.15) is 0 Å². The molecule has 0 saturated carbocycles. The largest absolute Gasteiger partial charge is 0.378 e. The van der Waals surface area contributed by atoms with Gasteiger partial charge in [-0.25, -0.2) is 0 Å². The van der Waals surface area contributed by atoms with Crippen molar-refractivity contribution in [2.24, 2.45) is 0 Å². The molecule has 2 aromatic rings. The Balaban J connectivity index is 1.55. The Morgan fingerprint density at radius 3 is 2.36 bits per heavy atom. The number of hydrogen-bond donors (Lipinski definition) is 1. The van der Waals surface area contributed by atoms with Gasteiger partial charge in [0.15, 0.2) is 0 Å². The van der Waals surface area contributed by atoms with E-state index in [1.165, 1.54) is 4.90 Å². The zero-order valence-electron chi connectivity index (χ0n) is 16.7. The highest BCUT2D eigenvalue weighted by Crippen LogP contribution is 2.19. The molecule has 1 aliphatic heterocycles. The van der Waals surface area contributed by atoms with Crippen LogP contribution in [-0.2, 0) is 9.53 Å². The molecule has 0 atom stereocenters. The summed E-state index contributed by atoms with van der Waals surface area (Å²) in [6, 6.07) is 13.3. The molecule has 1 aliphatic rings. The van der Waals surface area contributed by atoms with E-state index in [1.54, 1.807) is 13.1 Å². The van der Waals surface area contributed by atoms with Crippen LogP contribution in [0.2, 0.25) is 0 Å². The van der Waals surface area contributed by atoms with E-state index in [0.717, 1.165) is 43.1 Å². The Kier molecular flexibility index (Phi) is 6.31. The summed E-state index contributed by atoms with van der Waals surface area (Å²) in [6.07, 6.45) is 0.